The molecule has 4 nitrogen and oxygen atoms in total. The molecular formula is C14H9N3OS4. The van der Waals surface area contributed by atoms with Crippen molar-refractivity contribution < 1.29 is 0 Å². The zero-order valence-electron chi connectivity index (χ0n) is 11.1. The van der Waals surface area contributed by atoms with Gasteiger partial charge >= 0.3 is 0 Å². The minimum atomic E-state index is -0.0775. The molecule has 0 bridgehead atoms. The zero-order chi connectivity index (χ0) is 14.9. The van der Waals surface area contributed by atoms with Crippen LogP contribution in [-0.2, 0) is 5.75 Å². The van der Waals surface area contributed by atoms with Crippen molar-refractivity contribution in [1.82, 2.24) is 15.0 Å². The van der Waals surface area contributed by atoms with Gasteiger partial charge < -0.3 is 4.98 Å². The van der Waals surface area contributed by atoms with Gasteiger partial charge in [0.25, 0.3) is 5.56 Å². The van der Waals surface area contributed by atoms with Gasteiger partial charge in [-0.3, -0.25) is 4.79 Å². The van der Waals surface area contributed by atoms with Gasteiger partial charge in [0.05, 0.1) is 16.0 Å². The largest absolute Gasteiger partial charge is 0.301 e. The monoisotopic (exact) mass is 363 g/mol. The van der Waals surface area contributed by atoms with E-state index >= 15 is 0 Å². The van der Waals surface area contributed by atoms with Crippen molar-refractivity contribution in [2.75, 3.05) is 0 Å². The maximum absolute atomic E-state index is 11.9. The van der Waals surface area contributed by atoms with Crippen molar-refractivity contribution >= 4 is 56.0 Å². The van der Waals surface area contributed by atoms with Gasteiger partial charge in [0.1, 0.15) is 9.84 Å². The van der Waals surface area contributed by atoms with Crippen LogP contribution in [0.4, 0.5) is 0 Å². The molecule has 8 heteroatoms. The van der Waals surface area contributed by atoms with Crippen molar-refractivity contribution in [1.29, 1.82) is 0 Å². The number of aromatic amines is 1. The highest BCUT2D eigenvalue weighted by Gasteiger charge is 2.09. The fourth-order valence-corrected chi connectivity index (χ4v) is 5.26. The van der Waals surface area contributed by atoms with Crippen LogP contribution >= 0.6 is 45.8 Å². The average molecular weight is 364 g/mol. The lowest BCUT2D eigenvalue weighted by atomic mass is 10.4. The number of hydrogen-bond donors (Lipinski definition) is 1. The summed E-state index contributed by atoms with van der Waals surface area (Å²) in [5.41, 5.74) is 0.929. The molecular weight excluding hydrogens is 354 g/mol. The maximum Gasteiger partial charge on any atom is 0.260 e. The first-order valence-corrected chi connectivity index (χ1v) is 10.0. The highest BCUT2D eigenvalue weighted by atomic mass is 32.2. The molecule has 4 heterocycles. The second kappa shape index (κ2) is 5.96. The standard InChI is InChI=1S/C14H9N3OS4/c18-11-9-3-5-20-12(9)17-14(16-11)22-7-8-6-21-13(15-8)10-2-1-4-19-10/h1-6H,7H2,(H,16,17,18). The van der Waals surface area contributed by atoms with Gasteiger partial charge in [-0.05, 0) is 22.9 Å². The zero-order valence-corrected chi connectivity index (χ0v) is 14.4. The van der Waals surface area contributed by atoms with Crippen molar-refractivity contribution in [2.45, 2.75) is 10.9 Å². The third-order valence-corrected chi connectivity index (χ3v) is 6.60. The molecule has 0 aliphatic heterocycles. The predicted molar refractivity (Wildman–Crippen MR) is 95.2 cm³/mol. The van der Waals surface area contributed by atoms with Crippen LogP contribution in [0.5, 0.6) is 0 Å². The van der Waals surface area contributed by atoms with Crippen LogP contribution in [0.15, 0.2) is 44.3 Å². The number of fused-ring (bicyclic) bond motifs is 1. The van der Waals surface area contributed by atoms with Gasteiger partial charge in [-0.1, -0.05) is 17.8 Å². The lowest BCUT2D eigenvalue weighted by Gasteiger charge is -1.98. The van der Waals surface area contributed by atoms with E-state index in [1.54, 1.807) is 28.7 Å². The van der Waals surface area contributed by atoms with E-state index in [-0.39, 0.29) is 5.56 Å². The molecule has 0 spiro atoms. The normalized spacial score (nSPS) is 11.3. The molecule has 0 radical (unpaired) electrons. The van der Waals surface area contributed by atoms with E-state index in [1.165, 1.54) is 28.0 Å². The van der Waals surface area contributed by atoms with E-state index < -0.39 is 0 Å². The summed E-state index contributed by atoms with van der Waals surface area (Å²) in [6.07, 6.45) is 0. The quantitative estimate of drug-likeness (QED) is 0.429. The lowest BCUT2D eigenvalue weighted by Crippen LogP contribution is -2.07. The second-order valence-corrected chi connectivity index (χ2v) is 8.08. The Balaban J connectivity index is 1.53. The maximum atomic E-state index is 11.9. The molecule has 4 aromatic rings. The van der Waals surface area contributed by atoms with Crippen molar-refractivity contribution in [3.8, 4) is 9.88 Å². The Morgan fingerprint density at radius 3 is 2.95 bits per heavy atom. The number of hydrogen-bond acceptors (Lipinski definition) is 7. The molecule has 0 unspecified atom stereocenters. The molecule has 0 saturated carbocycles. The molecule has 4 aromatic heterocycles. The first-order chi connectivity index (χ1) is 10.8. The summed E-state index contributed by atoms with van der Waals surface area (Å²) in [6.45, 7) is 0. The fourth-order valence-electron chi connectivity index (χ4n) is 1.94. The van der Waals surface area contributed by atoms with Crippen LogP contribution in [0, 0.1) is 0 Å². The van der Waals surface area contributed by atoms with Crippen molar-refractivity contribution in [3.63, 3.8) is 0 Å². The SMILES string of the molecule is O=c1[nH]c(SCc2csc(-c3cccs3)n2)nc2sccc12. The molecule has 1 N–H and O–H groups in total. The van der Waals surface area contributed by atoms with E-state index in [0.717, 1.165) is 15.5 Å². The molecule has 0 amide bonds. The lowest BCUT2D eigenvalue weighted by molar-refractivity contribution is 0.978. The number of H-pyrrole nitrogens is 1. The summed E-state index contributed by atoms with van der Waals surface area (Å²) < 4.78 is 0. The minimum absolute atomic E-state index is 0.0775. The molecule has 0 aliphatic carbocycles. The summed E-state index contributed by atoms with van der Waals surface area (Å²) in [5, 5.41) is 8.34. The number of rotatable bonds is 4. The summed E-state index contributed by atoms with van der Waals surface area (Å²) in [7, 11) is 0. The second-order valence-electron chi connectivity index (χ2n) is 4.42. The van der Waals surface area contributed by atoms with Crippen LogP contribution in [-0.4, -0.2) is 15.0 Å². The summed E-state index contributed by atoms with van der Waals surface area (Å²) >= 11 is 6.32. The topological polar surface area (TPSA) is 58.6 Å². The summed E-state index contributed by atoms with van der Waals surface area (Å²) in [6, 6.07) is 5.90. The highest BCUT2D eigenvalue weighted by molar-refractivity contribution is 7.98. The Morgan fingerprint density at radius 2 is 2.09 bits per heavy atom. The molecule has 0 aliphatic rings. The fraction of sp³-hybridized carbons (Fsp3) is 0.0714. The molecule has 0 fully saturated rings. The first kappa shape index (κ1) is 14.1. The summed E-state index contributed by atoms with van der Waals surface area (Å²) in [4.78, 5) is 25.8. The molecule has 0 atom stereocenters. The van der Waals surface area contributed by atoms with Crippen LogP contribution < -0.4 is 5.56 Å². The van der Waals surface area contributed by atoms with E-state index in [0.29, 0.717) is 16.3 Å². The number of thiazole rings is 1. The van der Waals surface area contributed by atoms with Gasteiger partial charge in [0, 0.05) is 11.1 Å². The smallest absolute Gasteiger partial charge is 0.260 e. The number of nitrogens with zero attached hydrogens (tertiary/aromatic N) is 2. The van der Waals surface area contributed by atoms with Gasteiger partial charge in [-0.2, -0.15) is 0 Å². The van der Waals surface area contributed by atoms with E-state index in [2.05, 4.69) is 31.8 Å². The number of thioether (sulfide) groups is 1. The van der Waals surface area contributed by atoms with Gasteiger partial charge in [0.15, 0.2) is 5.16 Å². The third kappa shape index (κ3) is 2.74. The van der Waals surface area contributed by atoms with Crippen molar-refractivity contribution in [2.24, 2.45) is 0 Å². The molecule has 22 heavy (non-hydrogen) atoms. The molecule has 0 saturated heterocycles. The van der Waals surface area contributed by atoms with Gasteiger partial charge in [-0.15, -0.1) is 34.0 Å². The number of aromatic nitrogens is 3. The Labute approximate surface area is 141 Å². The van der Waals surface area contributed by atoms with Crippen LogP contribution in [0.25, 0.3) is 20.1 Å². The number of nitrogens with one attached hydrogen (secondary N) is 1. The van der Waals surface area contributed by atoms with Crippen LogP contribution in [0.1, 0.15) is 5.69 Å². The Kier molecular flexibility index (Phi) is 3.83. The minimum Gasteiger partial charge on any atom is -0.301 e. The highest BCUT2D eigenvalue weighted by Crippen LogP contribution is 2.30. The van der Waals surface area contributed by atoms with Gasteiger partial charge in [0.2, 0.25) is 0 Å². The van der Waals surface area contributed by atoms with Crippen LogP contribution in [0.2, 0.25) is 0 Å². The van der Waals surface area contributed by atoms with E-state index in [9.17, 15) is 4.79 Å². The van der Waals surface area contributed by atoms with E-state index in [4.69, 9.17) is 0 Å². The Bertz CT molecular complexity index is 967. The van der Waals surface area contributed by atoms with E-state index in [1.807, 2.05) is 11.4 Å². The first-order valence-electron chi connectivity index (χ1n) is 6.38. The third-order valence-electron chi connectivity index (χ3n) is 2.95. The predicted octanol–water partition coefficient (Wildman–Crippen LogP) is 4.46. The average Bonchev–Trinajstić information content (AvgIpc) is 3.25. The van der Waals surface area contributed by atoms with Crippen molar-refractivity contribution in [3.05, 3.63) is 50.4 Å². The molecule has 4 rings (SSSR count). The molecule has 110 valence electrons. The van der Waals surface area contributed by atoms with Gasteiger partial charge in [-0.25, -0.2) is 9.97 Å². The Hall–Kier alpha value is -1.48. The number of thiophene rings is 2. The Morgan fingerprint density at radius 1 is 1.14 bits per heavy atom. The van der Waals surface area contributed by atoms with Crippen LogP contribution in [0.3, 0.4) is 0 Å². The summed E-state index contributed by atoms with van der Waals surface area (Å²) in [5.74, 6) is 0.696. The molecule has 0 aromatic carbocycles.